The summed E-state index contributed by atoms with van der Waals surface area (Å²) < 4.78 is 40.0. The molecule has 5 unspecified atom stereocenters. The summed E-state index contributed by atoms with van der Waals surface area (Å²) in [6.07, 6.45) is -4.78. The molecule has 0 radical (unpaired) electrons. The lowest BCUT2D eigenvalue weighted by Crippen LogP contribution is -2.76. The van der Waals surface area contributed by atoms with E-state index >= 15 is 0 Å². The molecule has 14 nitrogen and oxygen atoms in total. The van der Waals surface area contributed by atoms with Crippen molar-refractivity contribution >= 4 is 29.7 Å². The number of ether oxygens (including phenoxy) is 7. The van der Waals surface area contributed by atoms with E-state index in [4.69, 9.17) is 33.2 Å². The van der Waals surface area contributed by atoms with E-state index < -0.39 is 71.7 Å². The van der Waals surface area contributed by atoms with E-state index in [1.165, 1.54) is 12.8 Å². The summed E-state index contributed by atoms with van der Waals surface area (Å²) >= 11 is 0. The second-order valence-electron chi connectivity index (χ2n) is 13.5. The fourth-order valence-electron chi connectivity index (χ4n) is 8.65. The van der Waals surface area contributed by atoms with Crippen molar-refractivity contribution in [2.45, 2.75) is 113 Å². The summed E-state index contributed by atoms with van der Waals surface area (Å²) in [5.74, 6) is -2.48. The number of hydrogen-bond donors (Lipinski definition) is 1. The van der Waals surface area contributed by atoms with Crippen molar-refractivity contribution in [2.24, 2.45) is 5.92 Å². The monoisotopic (exact) mass is 657 g/mol. The third-order valence-corrected chi connectivity index (χ3v) is 10.6. The zero-order valence-electron chi connectivity index (χ0n) is 26.7. The molecule has 254 valence electrons. The largest absolute Gasteiger partial charge is 0.477 e. The van der Waals surface area contributed by atoms with Gasteiger partial charge in [-0.3, -0.25) is 24.1 Å². The fraction of sp³-hybridized carbons (Fsp3) is 0.667. The lowest BCUT2D eigenvalue weighted by Gasteiger charge is -2.62. The summed E-state index contributed by atoms with van der Waals surface area (Å²) in [4.78, 5) is 65.4. The maximum absolute atomic E-state index is 13.5. The maximum atomic E-state index is 13.5. The Morgan fingerprint density at radius 2 is 1.66 bits per heavy atom. The molecular formula is C33H39NO13. The standard InChI is InChI=1S/C33H39NO13/c1-15(35)42-25-26(43-16(2)36)28(44-17(3)37)31(47-27(25)30(39)41-4)45-21-8-7-19-13-22-33(40)10-9-20(38)29-32(33,23(19)24(21)46-29)11-12-34(22)14-18-5-6-18/h7-8,18,22,25-29,31,40H,5-6,9-14H2,1-4H3/t22-,25?,26?,27?,28?,29+,31?,32+,33-/m0/s1. The van der Waals surface area contributed by atoms with Gasteiger partial charge in [0.2, 0.25) is 12.4 Å². The Balaban J connectivity index is 1.29. The van der Waals surface area contributed by atoms with Crippen LogP contribution in [-0.4, -0.2) is 108 Å². The van der Waals surface area contributed by atoms with E-state index in [2.05, 4.69) is 4.90 Å². The van der Waals surface area contributed by atoms with Crippen LogP contribution >= 0.6 is 0 Å². The quantitative estimate of drug-likeness (QED) is 0.308. The summed E-state index contributed by atoms with van der Waals surface area (Å²) in [5, 5.41) is 12.6. The lowest BCUT2D eigenvalue weighted by atomic mass is 9.49. The summed E-state index contributed by atoms with van der Waals surface area (Å²) in [5.41, 5.74) is -0.518. The molecule has 2 bridgehead atoms. The first-order valence-corrected chi connectivity index (χ1v) is 16.1. The van der Waals surface area contributed by atoms with Crippen LogP contribution in [0.1, 0.15) is 64.0 Å². The van der Waals surface area contributed by atoms with Crippen LogP contribution in [0.15, 0.2) is 12.1 Å². The van der Waals surface area contributed by atoms with E-state index in [1.54, 1.807) is 6.07 Å². The first-order valence-electron chi connectivity index (χ1n) is 16.1. The van der Waals surface area contributed by atoms with Gasteiger partial charge >= 0.3 is 23.9 Å². The van der Waals surface area contributed by atoms with Crippen LogP contribution < -0.4 is 9.47 Å². The normalized spacial score (nSPS) is 36.8. The van der Waals surface area contributed by atoms with E-state index in [9.17, 15) is 29.1 Å². The lowest BCUT2D eigenvalue weighted by molar-refractivity contribution is -0.282. The first-order chi connectivity index (χ1) is 22.4. The van der Waals surface area contributed by atoms with Crippen molar-refractivity contribution in [1.82, 2.24) is 4.90 Å². The minimum atomic E-state index is -1.64. The van der Waals surface area contributed by atoms with E-state index in [0.29, 0.717) is 31.7 Å². The smallest absolute Gasteiger partial charge is 0.339 e. The molecule has 4 fully saturated rings. The Morgan fingerprint density at radius 3 is 2.32 bits per heavy atom. The first kappa shape index (κ1) is 31.8. The van der Waals surface area contributed by atoms with Gasteiger partial charge in [0.15, 0.2) is 41.7 Å². The van der Waals surface area contributed by atoms with Gasteiger partial charge in [0.25, 0.3) is 0 Å². The molecular weight excluding hydrogens is 618 g/mol. The minimum Gasteiger partial charge on any atom is -0.477 e. The number of methoxy groups -OCH3 is 1. The molecule has 6 aliphatic rings. The number of ketones is 1. The number of hydrogen-bond acceptors (Lipinski definition) is 14. The van der Waals surface area contributed by atoms with E-state index in [-0.39, 0.29) is 29.7 Å². The zero-order chi connectivity index (χ0) is 33.4. The summed E-state index contributed by atoms with van der Waals surface area (Å²) in [7, 11) is 1.10. The molecule has 3 heterocycles. The maximum Gasteiger partial charge on any atom is 0.339 e. The summed E-state index contributed by atoms with van der Waals surface area (Å²) in [6.45, 7) is 4.95. The van der Waals surface area contributed by atoms with Crippen LogP contribution in [0, 0.1) is 5.92 Å². The number of Topliss-reactive ketones (excluding diaryl/α,β-unsaturated/α-hetero) is 1. The molecule has 2 saturated heterocycles. The average molecular weight is 658 g/mol. The number of esters is 4. The van der Waals surface area contributed by atoms with Gasteiger partial charge in [0.1, 0.15) is 0 Å². The molecule has 0 aromatic heterocycles. The molecule has 1 N–H and O–H groups in total. The molecule has 3 aliphatic heterocycles. The van der Waals surface area contributed by atoms with Crippen LogP contribution in [-0.2, 0) is 59.5 Å². The second kappa shape index (κ2) is 11.4. The average Bonchev–Trinajstić information content (AvgIpc) is 3.75. The van der Waals surface area contributed by atoms with Gasteiger partial charge in [-0.15, -0.1) is 0 Å². The number of carbonyl (C=O) groups is 5. The summed E-state index contributed by atoms with van der Waals surface area (Å²) in [6, 6.07) is 3.36. The SMILES string of the molecule is COC(=O)C1OC(Oc2ccc3c4c2O[C@@H]2C(=O)CC[C@]5(O)[C@H](C3)N(CC3CC3)CC[C@@]425)C(OC(C)=O)C(OC(C)=O)C1OC(C)=O. The number of carbonyl (C=O) groups excluding carboxylic acids is 5. The molecule has 47 heavy (non-hydrogen) atoms. The molecule has 0 amide bonds. The Kier molecular flexibility index (Phi) is 7.75. The fourth-order valence-corrected chi connectivity index (χ4v) is 8.65. The molecule has 1 aromatic carbocycles. The predicted molar refractivity (Wildman–Crippen MR) is 156 cm³/mol. The molecule has 9 atom stereocenters. The third kappa shape index (κ3) is 4.98. The highest BCUT2D eigenvalue weighted by atomic mass is 16.7. The molecule has 7 rings (SSSR count). The van der Waals surface area contributed by atoms with Gasteiger partial charge in [-0.25, -0.2) is 4.79 Å². The third-order valence-electron chi connectivity index (χ3n) is 10.6. The molecule has 1 aromatic rings. The van der Waals surface area contributed by atoms with Crippen LogP contribution in [0.5, 0.6) is 11.5 Å². The number of piperidine rings is 1. The van der Waals surface area contributed by atoms with Gasteiger partial charge in [-0.1, -0.05) is 6.07 Å². The van der Waals surface area contributed by atoms with Gasteiger partial charge in [0.05, 0.1) is 18.1 Å². The van der Waals surface area contributed by atoms with Crippen molar-refractivity contribution in [2.75, 3.05) is 20.2 Å². The van der Waals surface area contributed by atoms with Crippen molar-refractivity contribution in [3.05, 3.63) is 23.3 Å². The predicted octanol–water partition coefficient (Wildman–Crippen LogP) is 0.892. The van der Waals surface area contributed by atoms with Crippen LogP contribution in [0.25, 0.3) is 0 Å². The van der Waals surface area contributed by atoms with Crippen LogP contribution in [0.2, 0.25) is 0 Å². The number of aliphatic hydroxyl groups is 1. The molecule has 14 heteroatoms. The highest BCUT2D eigenvalue weighted by Crippen LogP contribution is 2.65. The van der Waals surface area contributed by atoms with E-state index in [0.717, 1.165) is 45.6 Å². The van der Waals surface area contributed by atoms with Crippen molar-refractivity contribution in [3.63, 3.8) is 0 Å². The van der Waals surface area contributed by atoms with Gasteiger partial charge in [-0.2, -0.15) is 0 Å². The topological polar surface area (TPSA) is 173 Å². The Hall–Kier alpha value is -3.75. The number of benzene rings is 1. The number of likely N-dealkylation sites (tertiary alicyclic amines) is 1. The second-order valence-corrected chi connectivity index (χ2v) is 13.5. The van der Waals surface area contributed by atoms with E-state index in [1.807, 2.05) is 6.07 Å². The molecule has 3 aliphatic carbocycles. The Bertz CT molecular complexity index is 1520. The minimum absolute atomic E-state index is 0.101. The molecule has 1 spiro atoms. The highest BCUT2D eigenvalue weighted by Gasteiger charge is 2.73. The van der Waals surface area contributed by atoms with Gasteiger partial charge in [-0.05, 0) is 56.2 Å². The van der Waals surface area contributed by atoms with Crippen molar-refractivity contribution in [1.29, 1.82) is 0 Å². The number of nitrogens with zero attached hydrogens (tertiary/aromatic N) is 1. The van der Waals surface area contributed by atoms with Gasteiger partial charge in [0, 0.05) is 45.3 Å². The van der Waals surface area contributed by atoms with Crippen LogP contribution in [0.3, 0.4) is 0 Å². The highest BCUT2D eigenvalue weighted by molar-refractivity contribution is 5.90. The van der Waals surface area contributed by atoms with Gasteiger partial charge < -0.3 is 38.3 Å². The van der Waals surface area contributed by atoms with Crippen LogP contribution in [0.4, 0.5) is 0 Å². The Morgan fingerprint density at radius 1 is 0.979 bits per heavy atom. The Labute approximate surface area is 270 Å². The van der Waals surface area contributed by atoms with Crippen molar-refractivity contribution < 1.29 is 62.2 Å². The zero-order valence-corrected chi connectivity index (χ0v) is 26.7. The van der Waals surface area contributed by atoms with Crippen molar-refractivity contribution in [3.8, 4) is 11.5 Å². The number of rotatable bonds is 8. The molecule has 2 saturated carbocycles.